The molecule has 4 nitrogen and oxygen atoms in total. The number of ether oxygens (including phenoxy) is 1. The van der Waals surface area contributed by atoms with E-state index in [4.69, 9.17) is 10.5 Å². The van der Waals surface area contributed by atoms with Crippen molar-refractivity contribution in [1.82, 2.24) is 9.97 Å². The number of nitrogens with one attached hydrogen (secondary N) is 1. The summed E-state index contributed by atoms with van der Waals surface area (Å²) in [7, 11) is 0. The number of H-pyrrole nitrogens is 1. The third-order valence-corrected chi connectivity index (χ3v) is 4.10. The summed E-state index contributed by atoms with van der Waals surface area (Å²) in [6.45, 7) is 0.535. The molecule has 0 aliphatic rings. The second-order valence-electron chi connectivity index (χ2n) is 5.97. The van der Waals surface area contributed by atoms with Crippen molar-refractivity contribution in [3.8, 4) is 11.5 Å². The summed E-state index contributed by atoms with van der Waals surface area (Å²) in [5, 5.41) is 0. The molecular formula is C21H19N3O. The smallest absolute Gasteiger partial charge is 0.127 e. The third-order valence-electron chi connectivity index (χ3n) is 4.10. The first-order valence-electron chi connectivity index (χ1n) is 8.29. The zero-order valence-corrected chi connectivity index (χ0v) is 13.8. The number of imidazole rings is 1. The summed E-state index contributed by atoms with van der Waals surface area (Å²) in [6.07, 6.45) is 0.748. The standard InChI is InChI=1S/C21H19N3O/c22-14-16-8-11-19-20(12-16)24-21(23-19)13-15-6-9-18(10-7-15)25-17-4-2-1-3-5-17/h1-12H,13-14,22H2,(H,23,24). The van der Waals surface area contributed by atoms with Crippen LogP contribution in [-0.4, -0.2) is 9.97 Å². The summed E-state index contributed by atoms with van der Waals surface area (Å²) < 4.78 is 5.82. The van der Waals surface area contributed by atoms with Gasteiger partial charge in [0.05, 0.1) is 11.0 Å². The van der Waals surface area contributed by atoms with Crippen LogP contribution in [0.3, 0.4) is 0 Å². The molecule has 124 valence electrons. The predicted octanol–water partition coefficient (Wildman–Crippen LogP) is 4.40. The molecule has 1 aromatic heterocycles. The average molecular weight is 329 g/mol. The van der Waals surface area contributed by atoms with Gasteiger partial charge in [0.2, 0.25) is 0 Å². The van der Waals surface area contributed by atoms with Crippen molar-refractivity contribution in [3.05, 3.63) is 89.7 Å². The number of benzene rings is 3. The molecule has 0 saturated heterocycles. The fourth-order valence-electron chi connectivity index (χ4n) is 2.81. The molecule has 4 heteroatoms. The highest BCUT2D eigenvalue weighted by Crippen LogP contribution is 2.22. The number of nitrogens with zero attached hydrogens (tertiary/aromatic N) is 1. The molecule has 0 aliphatic carbocycles. The van der Waals surface area contributed by atoms with Crippen LogP contribution in [0.25, 0.3) is 11.0 Å². The van der Waals surface area contributed by atoms with E-state index in [2.05, 4.69) is 28.2 Å². The van der Waals surface area contributed by atoms with Crippen LogP contribution in [0.15, 0.2) is 72.8 Å². The van der Waals surface area contributed by atoms with Gasteiger partial charge in [-0.1, -0.05) is 36.4 Å². The Hall–Kier alpha value is -3.11. The summed E-state index contributed by atoms with van der Waals surface area (Å²) in [6, 6.07) is 24.0. The minimum atomic E-state index is 0.535. The Morgan fingerprint density at radius 3 is 2.32 bits per heavy atom. The Labute approximate surface area is 146 Å². The van der Waals surface area contributed by atoms with E-state index in [0.717, 1.165) is 40.3 Å². The number of aromatic nitrogens is 2. The summed E-state index contributed by atoms with van der Waals surface area (Å²) in [5.41, 5.74) is 9.97. The van der Waals surface area contributed by atoms with Crippen LogP contribution in [0.1, 0.15) is 17.0 Å². The monoisotopic (exact) mass is 329 g/mol. The molecule has 4 aromatic rings. The lowest BCUT2D eigenvalue weighted by atomic mass is 10.1. The van der Waals surface area contributed by atoms with Gasteiger partial charge in [-0.15, -0.1) is 0 Å². The minimum Gasteiger partial charge on any atom is -0.457 e. The molecule has 0 amide bonds. The number of rotatable bonds is 5. The van der Waals surface area contributed by atoms with E-state index in [9.17, 15) is 0 Å². The molecular weight excluding hydrogens is 310 g/mol. The maximum absolute atomic E-state index is 5.82. The second kappa shape index (κ2) is 6.79. The quantitative estimate of drug-likeness (QED) is 0.570. The molecule has 0 aliphatic heterocycles. The summed E-state index contributed by atoms with van der Waals surface area (Å²) in [4.78, 5) is 8.02. The van der Waals surface area contributed by atoms with Crippen LogP contribution in [0.4, 0.5) is 0 Å². The number of para-hydroxylation sites is 1. The number of nitrogens with two attached hydrogens (primary N) is 1. The van der Waals surface area contributed by atoms with Crippen molar-refractivity contribution in [3.63, 3.8) is 0 Å². The van der Waals surface area contributed by atoms with Crippen LogP contribution < -0.4 is 10.5 Å². The normalized spacial score (nSPS) is 10.9. The highest BCUT2D eigenvalue weighted by Gasteiger charge is 2.05. The summed E-state index contributed by atoms with van der Waals surface area (Å²) >= 11 is 0. The fourth-order valence-corrected chi connectivity index (χ4v) is 2.81. The van der Waals surface area contributed by atoms with Gasteiger partial charge in [-0.05, 0) is 47.5 Å². The van der Waals surface area contributed by atoms with Crippen LogP contribution in [0, 0.1) is 0 Å². The molecule has 0 radical (unpaired) electrons. The first-order valence-corrected chi connectivity index (χ1v) is 8.29. The van der Waals surface area contributed by atoms with Crippen LogP contribution in [0.5, 0.6) is 11.5 Å². The zero-order chi connectivity index (χ0) is 17.1. The van der Waals surface area contributed by atoms with E-state index in [1.165, 1.54) is 5.56 Å². The molecule has 0 fully saturated rings. The molecule has 0 spiro atoms. The maximum Gasteiger partial charge on any atom is 0.127 e. The first-order chi connectivity index (χ1) is 12.3. The fraction of sp³-hybridized carbons (Fsp3) is 0.0952. The Bertz CT molecular complexity index is 975. The molecule has 3 N–H and O–H groups in total. The largest absolute Gasteiger partial charge is 0.457 e. The van der Waals surface area contributed by atoms with Crippen LogP contribution >= 0.6 is 0 Å². The number of hydrogen-bond acceptors (Lipinski definition) is 3. The lowest BCUT2D eigenvalue weighted by molar-refractivity contribution is 0.482. The molecule has 4 rings (SSSR count). The van der Waals surface area contributed by atoms with Crippen molar-refractivity contribution in [2.45, 2.75) is 13.0 Å². The van der Waals surface area contributed by atoms with Gasteiger partial charge in [0.1, 0.15) is 17.3 Å². The molecule has 3 aromatic carbocycles. The number of hydrogen-bond donors (Lipinski definition) is 2. The number of aromatic amines is 1. The van der Waals surface area contributed by atoms with Crippen molar-refractivity contribution in [2.24, 2.45) is 5.73 Å². The molecule has 1 heterocycles. The highest BCUT2D eigenvalue weighted by atomic mass is 16.5. The third kappa shape index (κ3) is 3.54. The Kier molecular flexibility index (Phi) is 4.19. The maximum atomic E-state index is 5.82. The molecule has 0 unspecified atom stereocenters. The van der Waals surface area contributed by atoms with E-state index in [-0.39, 0.29) is 0 Å². The topological polar surface area (TPSA) is 63.9 Å². The Morgan fingerprint density at radius 1 is 0.840 bits per heavy atom. The van der Waals surface area contributed by atoms with Crippen molar-refractivity contribution in [1.29, 1.82) is 0 Å². The predicted molar refractivity (Wildman–Crippen MR) is 99.7 cm³/mol. The van der Waals surface area contributed by atoms with Gasteiger partial charge in [-0.3, -0.25) is 0 Å². The van der Waals surface area contributed by atoms with Crippen LogP contribution in [0.2, 0.25) is 0 Å². The number of fused-ring (bicyclic) bond motifs is 1. The van der Waals surface area contributed by atoms with Gasteiger partial charge in [0.25, 0.3) is 0 Å². The van der Waals surface area contributed by atoms with E-state index in [1.54, 1.807) is 0 Å². The van der Waals surface area contributed by atoms with Gasteiger partial charge in [0, 0.05) is 13.0 Å². The van der Waals surface area contributed by atoms with E-state index >= 15 is 0 Å². The minimum absolute atomic E-state index is 0.535. The summed E-state index contributed by atoms with van der Waals surface area (Å²) in [5.74, 6) is 2.61. The van der Waals surface area contributed by atoms with Gasteiger partial charge in [-0.2, -0.15) is 0 Å². The van der Waals surface area contributed by atoms with Crippen molar-refractivity contribution in [2.75, 3.05) is 0 Å². The van der Waals surface area contributed by atoms with E-state index < -0.39 is 0 Å². The van der Waals surface area contributed by atoms with Gasteiger partial charge >= 0.3 is 0 Å². The first kappa shape index (κ1) is 15.4. The zero-order valence-electron chi connectivity index (χ0n) is 13.8. The lowest BCUT2D eigenvalue weighted by Gasteiger charge is -2.06. The SMILES string of the molecule is NCc1ccc2nc(Cc3ccc(Oc4ccccc4)cc3)[nH]c2c1. The van der Waals surface area contributed by atoms with Crippen LogP contribution in [-0.2, 0) is 13.0 Å². The van der Waals surface area contributed by atoms with Crippen molar-refractivity contribution < 1.29 is 4.74 Å². The Balaban J connectivity index is 1.49. The molecule has 25 heavy (non-hydrogen) atoms. The van der Waals surface area contributed by atoms with Gasteiger partial charge in [-0.25, -0.2) is 4.98 Å². The van der Waals surface area contributed by atoms with Gasteiger partial charge in [0.15, 0.2) is 0 Å². The van der Waals surface area contributed by atoms with E-state index in [1.807, 2.05) is 54.6 Å². The average Bonchev–Trinajstić information content (AvgIpc) is 3.05. The van der Waals surface area contributed by atoms with Crippen molar-refractivity contribution >= 4 is 11.0 Å². The van der Waals surface area contributed by atoms with E-state index in [0.29, 0.717) is 6.54 Å². The lowest BCUT2D eigenvalue weighted by Crippen LogP contribution is -1.95. The Morgan fingerprint density at radius 2 is 1.56 bits per heavy atom. The molecule has 0 atom stereocenters. The van der Waals surface area contributed by atoms with Gasteiger partial charge < -0.3 is 15.5 Å². The molecule has 0 saturated carbocycles. The molecule has 0 bridgehead atoms. The highest BCUT2D eigenvalue weighted by molar-refractivity contribution is 5.76. The second-order valence-corrected chi connectivity index (χ2v) is 5.97.